The highest BCUT2D eigenvalue weighted by Crippen LogP contribution is 2.25. The van der Waals surface area contributed by atoms with Crippen molar-refractivity contribution in [3.63, 3.8) is 0 Å². The van der Waals surface area contributed by atoms with Gasteiger partial charge >= 0.3 is 6.03 Å². The lowest BCUT2D eigenvalue weighted by molar-refractivity contribution is 0.190. The molecular weight excluding hydrogens is 397 g/mol. The Hall–Kier alpha value is -3.52. The van der Waals surface area contributed by atoms with Gasteiger partial charge in [-0.2, -0.15) is 4.98 Å². The number of ether oxygens (including phenoxy) is 1. The van der Waals surface area contributed by atoms with E-state index in [1.54, 1.807) is 19.4 Å². The summed E-state index contributed by atoms with van der Waals surface area (Å²) in [5.74, 6) is 0.332. The summed E-state index contributed by atoms with van der Waals surface area (Å²) in [4.78, 5) is 23.2. The second kappa shape index (κ2) is 10.5. The molecule has 0 aliphatic rings. The van der Waals surface area contributed by atoms with Crippen LogP contribution in [0.25, 0.3) is 0 Å². The Morgan fingerprint density at radius 2 is 1.97 bits per heavy atom. The van der Waals surface area contributed by atoms with Gasteiger partial charge in [-0.15, -0.1) is 0 Å². The maximum absolute atomic E-state index is 13.5. The maximum atomic E-state index is 13.5. The van der Waals surface area contributed by atoms with Crippen molar-refractivity contribution in [1.82, 2.24) is 15.3 Å². The minimum absolute atomic E-state index is 0.0188. The topological polar surface area (TPSA) is 79.4 Å². The number of methoxy groups -OCH3 is 1. The first-order valence-corrected chi connectivity index (χ1v) is 9.94. The van der Waals surface area contributed by atoms with Gasteiger partial charge in [-0.3, -0.25) is 0 Å². The number of aryl methyl sites for hydroxylation is 1. The number of amides is 2. The van der Waals surface area contributed by atoms with Gasteiger partial charge < -0.3 is 15.4 Å². The van der Waals surface area contributed by atoms with E-state index in [1.807, 2.05) is 38.1 Å². The number of carbonyl (C=O) groups is 1. The molecule has 8 heteroatoms. The third-order valence-corrected chi connectivity index (χ3v) is 4.48. The highest BCUT2D eigenvalue weighted by molar-refractivity contribution is 5.98. The Kier molecular flexibility index (Phi) is 7.50. The van der Waals surface area contributed by atoms with Crippen LogP contribution in [-0.4, -0.2) is 35.8 Å². The number of nitrogens with one attached hydrogen (secondary N) is 2. The lowest BCUT2D eigenvalue weighted by atomic mass is 10.1. The lowest BCUT2D eigenvalue weighted by Gasteiger charge is -2.23. The van der Waals surface area contributed by atoms with Crippen molar-refractivity contribution in [2.45, 2.75) is 26.4 Å². The highest BCUT2D eigenvalue weighted by Gasteiger charge is 2.20. The van der Waals surface area contributed by atoms with Crippen molar-refractivity contribution in [2.24, 2.45) is 0 Å². The summed E-state index contributed by atoms with van der Waals surface area (Å²) in [6, 6.07) is 14.8. The van der Waals surface area contributed by atoms with Gasteiger partial charge in [-0.05, 0) is 43.7 Å². The molecule has 0 aliphatic heterocycles. The molecule has 0 bridgehead atoms. The van der Waals surface area contributed by atoms with E-state index in [0.29, 0.717) is 30.6 Å². The van der Waals surface area contributed by atoms with Crippen LogP contribution in [-0.2, 0) is 11.3 Å². The van der Waals surface area contributed by atoms with Gasteiger partial charge in [0.05, 0.1) is 12.3 Å². The Labute approximate surface area is 181 Å². The zero-order valence-corrected chi connectivity index (χ0v) is 17.8. The number of aromatic nitrogens is 2. The summed E-state index contributed by atoms with van der Waals surface area (Å²) in [6.07, 6.45) is 1.56. The van der Waals surface area contributed by atoms with Crippen LogP contribution in [0.5, 0.6) is 0 Å². The van der Waals surface area contributed by atoms with Crippen LogP contribution in [0.15, 0.2) is 60.8 Å². The quantitative estimate of drug-likeness (QED) is 0.561. The molecule has 0 unspecified atom stereocenters. The number of benzene rings is 2. The molecule has 31 heavy (non-hydrogen) atoms. The monoisotopic (exact) mass is 423 g/mol. The molecule has 0 spiro atoms. The number of hydrogen-bond acceptors (Lipinski definition) is 5. The SMILES string of the molecule is COC[C@H](C)Nc1nccc(N(C(=O)NCc2cccc(C)c2)c2ccc(F)cc2)n1. The number of anilines is 3. The van der Waals surface area contributed by atoms with Gasteiger partial charge in [-0.1, -0.05) is 29.8 Å². The number of halogens is 1. The first-order chi connectivity index (χ1) is 15.0. The zero-order chi connectivity index (χ0) is 22.2. The average Bonchev–Trinajstić information content (AvgIpc) is 2.74. The van der Waals surface area contributed by atoms with Crippen LogP contribution in [0.1, 0.15) is 18.1 Å². The molecule has 3 aromatic rings. The average molecular weight is 423 g/mol. The van der Waals surface area contributed by atoms with Crippen molar-refractivity contribution < 1.29 is 13.9 Å². The number of nitrogens with zero attached hydrogens (tertiary/aromatic N) is 3. The molecule has 1 heterocycles. The van der Waals surface area contributed by atoms with E-state index in [1.165, 1.54) is 29.2 Å². The van der Waals surface area contributed by atoms with E-state index in [0.717, 1.165) is 11.1 Å². The van der Waals surface area contributed by atoms with Gasteiger partial charge in [0.2, 0.25) is 5.95 Å². The van der Waals surface area contributed by atoms with Crippen LogP contribution < -0.4 is 15.5 Å². The standard InChI is InChI=1S/C23H26FN5O2/c1-16-5-4-6-18(13-16)14-26-23(30)29(20-9-7-19(24)8-10-20)21-11-12-25-22(28-21)27-17(2)15-31-3/h4-13,17H,14-15H2,1-3H3,(H,26,30)(H,25,27,28)/t17-/m0/s1. The molecule has 0 saturated heterocycles. The molecule has 162 valence electrons. The fraction of sp³-hybridized carbons (Fsp3) is 0.261. The van der Waals surface area contributed by atoms with Crippen LogP contribution in [0.4, 0.5) is 26.6 Å². The molecule has 0 aliphatic carbocycles. The van der Waals surface area contributed by atoms with Crippen LogP contribution in [0.2, 0.25) is 0 Å². The van der Waals surface area contributed by atoms with Gasteiger partial charge in [0.25, 0.3) is 0 Å². The van der Waals surface area contributed by atoms with E-state index >= 15 is 0 Å². The predicted molar refractivity (Wildman–Crippen MR) is 119 cm³/mol. The van der Waals surface area contributed by atoms with Crippen molar-refractivity contribution in [3.05, 3.63) is 77.7 Å². The smallest absolute Gasteiger partial charge is 0.327 e. The van der Waals surface area contributed by atoms with Crippen LogP contribution in [0, 0.1) is 12.7 Å². The second-order valence-corrected chi connectivity index (χ2v) is 7.20. The van der Waals surface area contributed by atoms with E-state index < -0.39 is 0 Å². The fourth-order valence-electron chi connectivity index (χ4n) is 3.08. The third-order valence-electron chi connectivity index (χ3n) is 4.48. The number of carbonyl (C=O) groups excluding carboxylic acids is 1. The normalized spacial score (nSPS) is 11.6. The summed E-state index contributed by atoms with van der Waals surface area (Å²) in [6.45, 7) is 4.76. The van der Waals surface area contributed by atoms with Gasteiger partial charge in [0.15, 0.2) is 0 Å². The molecule has 3 rings (SSSR count). The first-order valence-electron chi connectivity index (χ1n) is 9.94. The van der Waals surface area contributed by atoms with Gasteiger partial charge in [-0.25, -0.2) is 19.1 Å². The van der Waals surface area contributed by atoms with Crippen molar-refractivity contribution in [1.29, 1.82) is 0 Å². The van der Waals surface area contributed by atoms with E-state index in [-0.39, 0.29) is 17.9 Å². The molecular formula is C23H26FN5O2. The predicted octanol–water partition coefficient (Wildman–Crippen LogP) is 4.42. The summed E-state index contributed by atoms with van der Waals surface area (Å²) < 4.78 is 18.6. The molecule has 1 atom stereocenters. The minimum atomic E-state index is -0.387. The molecule has 0 fully saturated rings. The molecule has 2 aromatic carbocycles. The van der Waals surface area contributed by atoms with E-state index in [4.69, 9.17) is 4.74 Å². The van der Waals surface area contributed by atoms with Crippen LogP contribution in [0.3, 0.4) is 0 Å². The zero-order valence-electron chi connectivity index (χ0n) is 17.8. The molecule has 2 N–H and O–H groups in total. The van der Waals surface area contributed by atoms with Crippen molar-refractivity contribution >= 4 is 23.5 Å². The Bertz CT molecular complexity index is 1010. The fourth-order valence-corrected chi connectivity index (χ4v) is 3.08. The Morgan fingerprint density at radius 3 is 2.68 bits per heavy atom. The number of urea groups is 1. The molecule has 1 aromatic heterocycles. The lowest BCUT2D eigenvalue weighted by Crippen LogP contribution is -2.37. The highest BCUT2D eigenvalue weighted by atomic mass is 19.1. The number of hydrogen-bond donors (Lipinski definition) is 2. The molecule has 0 saturated carbocycles. The van der Waals surface area contributed by atoms with Gasteiger partial charge in [0.1, 0.15) is 11.6 Å². The summed E-state index contributed by atoms with van der Waals surface area (Å²) in [5.41, 5.74) is 2.57. The maximum Gasteiger partial charge on any atom is 0.327 e. The molecule has 0 radical (unpaired) electrons. The molecule has 7 nitrogen and oxygen atoms in total. The Balaban J connectivity index is 1.86. The Morgan fingerprint density at radius 1 is 1.19 bits per heavy atom. The minimum Gasteiger partial charge on any atom is -0.383 e. The van der Waals surface area contributed by atoms with Gasteiger partial charge in [0, 0.05) is 32.0 Å². The van der Waals surface area contributed by atoms with E-state index in [9.17, 15) is 9.18 Å². The van der Waals surface area contributed by atoms with Crippen molar-refractivity contribution in [2.75, 3.05) is 23.9 Å². The summed E-state index contributed by atoms with van der Waals surface area (Å²) >= 11 is 0. The summed E-state index contributed by atoms with van der Waals surface area (Å²) in [7, 11) is 1.62. The van der Waals surface area contributed by atoms with Crippen molar-refractivity contribution in [3.8, 4) is 0 Å². The number of rotatable bonds is 8. The van der Waals surface area contributed by atoms with Crippen LogP contribution >= 0.6 is 0 Å². The van der Waals surface area contributed by atoms with E-state index in [2.05, 4.69) is 20.6 Å². The second-order valence-electron chi connectivity index (χ2n) is 7.20. The first kappa shape index (κ1) is 22.2. The largest absolute Gasteiger partial charge is 0.383 e. The third kappa shape index (κ3) is 6.23. The summed E-state index contributed by atoms with van der Waals surface area (Å²) in [5, 5.41) is 6.05. The molecule has 2 amide bonds.